The van der Waals surface area contributed by atoms with Crippen molar-refractivity contribution in [2.75, 3.05) is 16.8 Å². The maximum atomic E-state index is 13.4. The van der Waals surface area contributed by atoms with E-state index in [1.165, 1.54) is 5.56 Å². The zero-order valence-electron chi connectivity index (χ0n) is 29.3. The lowest BCUT2D eigenvalue weighted by atomic mass is 9.80. The Morgan fingerprint density at radius 2 is 1.71 bits per heavy atom. The minimum absolute atomic E-state index is 0.0156. The van der Waals surface area contributed by atoms with Crippen molar-refractivity contribution in [3.05, 3.63) is 88.1 Å². The van der Waals surface area contributed by atoms with Crippen LogP contribution in [0, 0.1) is 19.3 Å². The number of esters is 1. The average molecular weight is 707 g/mol. The van der Waals surface area contributed by atoms with Gasteiger partial charge in [-0.1, -0.05) is 48.0 Å². The molecule has 0 radical (unpaired) electrons. The molecule has 11 nitrogen and oxygen atoms in total. The molecule has 2 atom stereocenters. The highest BCUT2D eigenvalue weighted by atomic mass is 35.5. The molecule has 49 heavy (non-hydrogen) atoms. The first-order valence-corrected chi connectivity index (χ1v) is 17.6. The summed E-state index contributed by atoms with van der Waals surface area (Å²) in [5.74, 6) is -0.181. The van der Waals surface area contributed by atoms with E-state index in [1.54, 1.807) is 52.5 Å². The number of nitrogens with one attached hydrogen (secondary N) is 2. The Hall–Kier alpha value is -4.13. The molecular weight excluding hydrogens is 664 g/mol. The number of carbonyl (C=O) groups is 2. The van der Waals surface area contributed by atoms with Crippen LogP contribution in [0.2, 0.25) is 5.02 Å². The van der Waals surface area contributed by atoms with Crippen molar-refractivity contribution in [3.8, 4) is 11.3 Å². The zero-order chi connectivity index (χ0) is 35.9. The number of amides is 1. The minimum atomic E-state index is -1.32. The molecule has 3 aromatic rings. The predicted octanol–water partition coefficient (Wildman–Crippen LogP) is 7.52. The summed E-state index contributed by atoms with van der Waals surface area (Å²) in [6.07, 6.45) is 7.87. The second-order valence-corrected chi connectivity index (χ2v) is 16.5. The van der Waals surface area contributed by atoms with E-state index in [9.17, 15) is 13.8 Å². The number of aryl methyl sites for hydroxylation is 2. The lowest BCUT2D eigenvalue weighted by molar-refractivity contribution is 0.0519. The van der Waals surface area contributed by atoms with Crippen LogP contribution >= 0.6 is 11.6 Å². The number of ether oxygens (including phenoxy) is 2. The molecule has 0 saturated carbocycles. The number of pyridine rings is 1. The van der Waals surface area contributed by atoms with Crippen molar-refractivity contribution in [1.82, 2.24) is 19.7 Å². The largest absolute Gasteiger partial charge is 0.461 e. The number of aromatic nitrogens is 3. The molecule has 1 spiro atoms. The van der Waals surface area contributed by atoms with Gasteiger partial charge in [0.15, 0.2) is 11.5 Å². The fourth-order valence-corrected chi connectivity index (χ4v) is 6.83. The van der Waals surface area contributed by atoms with E-state index in [1.807, 2.05) is 45.3 Å². The summed E-state index contributed by atoms with van der Waals surface area (Å²) >= 11 is 6.73. The summed E-state index contributed by atoms with van der Waals surface area (Å²) in [6, 6.07) is 9.51. The van der Waals surface area contributed by atoms with Crippen LogP contribution in [0.4, 0.5) is 16.4 Å². The van der Waals surface area contributed by atoms with Gasteiger partial charge in [0.2, 0.25) is 0 Å². The number of rotatable bonds is 7. The lowest BCUT2D eigenvalue weighted by Crippen LogP contribution is -2.41. The first kappa shape index (κ1) is 36.2. The molecule has 0 saturated heterocycles. The molecule has 2 aliphatic rings. The SMILES string of the molecule is CCOC(=O)c1nc(-c2cc(NC(=O)OC(C)(C)C)nc(C)c2Cl)c(C)nc1N1C=CC2(C=C1)Cc1ccccc1[C@H]2N[S@](=O)C(C)(C)C. The molecule has 1 amide bonds. The number of hydrogen-bond donors (Lipinski definition) is 2. The highest BCUT2D eigenvalue weighted by Crippen LogP contribution is 2.50. The molecule has 3 heterocycles. The number of fused-ring (bicyclic) bond motifs is 1. The maximum Gasteiger partial charge on any atom is 0.413 e. The summed E-state index contributed by atoms with van der Waals surface area (Å²) in [7, 11) is -1.32. The number of nitrogens with zero attached hydrogens (tertiary/aromatic N) is 4. The van der Waals surface area contributed by atoms with Crippen LogP contribution < -0.4 is 14.9 Å². The van der Waals surface area contributed by atoms with Crippen molar-refractivity contribution in [3.63, 3.8) is 0 Å². The van der Waals surface area contributed by atoms with E-state index in [-0.39, 0.29) is 30.0 Å². The van der Waals surface area contributed by atoms with E-state index < -0.39 is 38.8 Å². The number of halogens is 1. The highest BCUT2D eigenvalue weighted by molar-refractivity contribution is 7.84. The Bertz CT molecular complexity index is 1870. The van der Waals surface area contributed by atoms with Gasteiger partial charge in [0, 0.05) is 23.4 Å². The Labute approximate surface area is 295 Å². The van der Waals surface area contributed by atoms with E-state index in [2.05, 4.69) is 39.3 Å². The quantitative estimate of drug-likeness (QED) is 0.239. The smallest absolute Gasteiger partial charge is 0.413 e. The number of carbonyl (C=O) groups excluding carboxylic acids is 2. The van der Waals surface area contributed by atoms with Crippen molar-refractivity contribution in [2.24, 2.45) is 5.41 Å². The summed E-state index contributed by atoms with van der Waals surface area (Å²) in [5, 5.41) is 2.94. The van der Waals surface area contributed by atoms with Gasteiger partial charge in [-0.2, -0.15) is 0 Å². The van der Waals surface area contributed by atoms with Crippen molar-refractivity contribution in [1.29, 1.82) is 0 Å². The second-order valence-electron chi connectivity index (χ2n) is 14.1. The Morgan fingerprint density at radius 3 is 2.35 bits per heavy atom. The van der Waals surface area contributed by atoms with E-state index in [4.69, 9.17) is 31.0 Å². The van der Waals surface area contributed by atoms with Gasteiger partial charge in [0.25, 0.3) is 0 Å². The molecule has 5 rings (SSSR count). The Balaban J connectivity index is 1.53. The summed E-state index contributed by atoms with van der Waals surface area (Å²) in [6.45, 7) is 16.4. The van der Waals surface area contributed by atoms with Crippen LogP contribution in [0.25, 0.3) is 11.3 Å². The molecule has 260 valence electrons. The number of anilines is 2. The standard InChI is InChI=1S/C36H43ClN6O5S/c1-10-47-32(44)29-31(39-22(3)28(41-29)25-19-26(38-21(2)27(25)37)40-33(45)48-34(4,5)6)43-17-15-36(16-18-43)20-23-13-11-12-14-24(23)30(36)42-49(46)35(7,8)9/h11-19,30,42H,10,20H2,1-9H3,(H,38,40,45)/t30-,49-/m1/s1. The molecular formula is C36H43ClN6O5S. The third kappa shape index (κ3) is 7.71. The number of hydrogen-bond acceptors (Lipinski definition) is 9. The normalized spacial score (nSPS) is 17.2. The third-order valence-electron chi connectivity index (χ3n) is 8.04. The summed E-state index contributed by atoms with van der Waals surface area (Å²) in [4.78, 5) is 41.7. The van der Waals surface area contributed by atoms with Gasteiger partial charge in [-0.3, -0.25) is 5.32 Å². The molecule has 1 aromatic carbocycles. The fourth-order valence-electron chi connectivity index (χ4n) is 5.73. The van der Waals surface area contributed by atoms with E-state index in [0.29, 0.717) is 34.1 Å². The monoisotopic (exact) mass is 706 g/mol. The second kappa shape index (κ2) is 13.6. The van der Waals surface area contributed by atoms with E-state index >= 15 is 0 Å². The first-order chi connectivity index (χ1) is 22.9. The van der Waals surface area contributed by atoms with Gasteiger partial charge in [-0.05, 0) is 85.9 Å². The molecule has 0 unspecified atom stereocenters. The Morgan fingerprint density at radius 1 is 1.04 bits per heavy atom. The maximum absolute atomic E-state index is 13.4. The van der Waals surface area contributed by atoms with Crippen LogP contribution in [0.1, 0.15) is 87.5 Å². The topological polar surface area (TPSA) is 136 Å². The van der Waals surface area contributed by atoms with E-state index in [0.717, 1.165) is 5.56 Å². The van der Waals surface area contributed by atoms with Crippen molar-refractivity contribution in [2.45, 2.75) is 85.1 Å². The molecule has 1 aliphatic carbocycles. The minimum Gasteiger partial charge on any atom is -0.461 e. The molecule has 0 fully saturated rings. The van der Waals surface area contributed by atoms with Crippen LogP contribution in [0.15, 0.2) is 54.9 Å². The van der Waals surface area contributed by atoms with Crippen LogP contribution in [-0.2, 0) is 26.9 Å². The molecule has 0 bridgehead atoms. The van der Waals surface area contributed by atoms with Gasteiger partial charge in [-0.15, -0.1) is 0 Å². The van der Waals surface area contributed by atoms with Gasteiger partial charge in [0.1, 0.15) is 11.4 Å². The van der Waals surface area contributed by atoms with Crippen molar-refractivity contribution < 1.29 is 23.3 Å². The van der Waals surface area contributed by atoms with Gasteiger partial charge in [-0.25, -0.2) is 33.5 Å². The van der Waals surface area contributed by atoms with Crippen LogP contribution in [-0.4, -0.2) is 48.2 Å². The molecule has 2 aromatic heterocycles. The predicted molar refractivity (Wildman–Crippen MR) is 193 cm³/mol. The average Bonchev–Trinajstić information content (AvgIpc) is 3.30. The highest BCUT2D eigenvalue weighted by Gasteiger charge is 2.45. The van der Waals surface area contributed by atoms with Crippen LogP contribution in [0.3, 0.4) is 0 Å². The van der Waals surface area contributed by atoms with Gasteiger partial charge < -0.3 is 14.4 Å². The zero-order valence-corrected chi connectivity index (χ0v) is 30.9. The van der Waals surface area contributed by atoms with Crippen LogP contribution in [0.5, 0.6) is 0 Å². The number of benzene rings is 1. The summed E-state index contributed by atoms with van der Waals surface area (Å²) < 4.78 is 27.1. The molecule has 2 N–H and O–H groups in total. The molecule has 1 aliphatic heterocycles. The fraction of sp³-hybridized carbons (Fsp3) is 0.417. The molecule has 13 heteroatoms. The van der Waals surface area contributed by atoms with Gasteiger partial charge in [0.05, 0.1) is 50.5 Å². The van der Waals surface area contributed by atoms with Crippen molar-refractivity contribution >= 4 is 46.3 Å². The lowest BCUT2D eigenvalue weighted by Gasteiger charge is -2.36. The first-order valence-electron chi connectivity index (χ1n) is 16.1. The summed E-state index contributed by atoms with van der Waals surface area (Å²) in [5.41, 5.74) is 2.72. The third-order valence-corrected chi connectivity index (χ3v) is 10.1. The van der Waals surface area contributed by atoms with Gasteiger partial charge >= 0.3 is 12.1 Å². The Kier molecular flexibility index (Phi) is 10.1.